The summed E-state index contributed by atoms with van der Waals surface area (Å²) in [6, 6.07) is 6.50. The number of nitrogens with two attached hydrogens (primary N) is 1. The Morgan fingerprint density at radius 1 is 1.47 bits per heavy atom. The highest BCUT2D eigenvalue weighted by molar-refractivity contribution is 5.87. The first-order chi connectivity index (χ1) is 9.11. The van der Waals surface area contributed by atoms with Crippen molar-refractivity contribution in [2.45, 2.75) is 25.4 Å². The molecule has 5 nitrogen and oxygen atoms in total. The third kappa shape index (κ3) is 3.00. The van der Waals surface area contributed by atoms with Gasteiger partial charge in [-0.25, -0.2) is 0 Å². The molecule has 0 saturated heterocycles. The zero-order chi connectivity index (χ0) is 13.8. The van der Waals surface area contributed by atoms with Gasteiger partial charge in [0.1, 0.15) is 0 Å². The summed E-state index contributed by atoms with van der Waals surface area (Å²) in [5.74, 6) is -0.346. The molecule has 2 aromatic rings. The quantitative estimate of drug-likeness (QED) is 0.736. The molecule has 0 aliphatic heterocycles. The van der Waals surface area contributed by atoms with Crippen LogP contribution in [0.15, 0.2) is 30.5 Å². The van der Waals surface area contributed by atoms with Crippen molar-refractivity contribution < 1.29 is 9.59 Å². The van der Waals surface area contributed by atoms with Gasteiger partial charge in [0.05, 0.1) is 12.1 Å². The monoisotopic (exact) mass is 258 g/mol. The van der Waals surface area contributed by atoms with E-state index in [0.29, 0.717) is 6.42 Å². The highest BCUT2D eigenvalue weighted by atomic mass is 16.2. The number of benzene rings is 1. The number of carbonyl (C=O) groups excluding carboxylic acids is 2. The van der Waals surface area contributed by atoms with Gasteiger partial charge in [-0.2, -0.15) is 0 Å². The molecule has 0 aliphatic carbocycles. The summed E-state index contributed by atoms with van der Waals surface area (Å²) in [4.78, 5) is 25.3. The van der Waals surface area contributed by atoms with E-state index in [1.165, 1.54) is 0 Å². The van der Waals surface area contributed by atoms with Gasteiger partial charge in [-0.15, -0.1) is 0 Å². The Hall–Kier alpha value is -2.14. The SMILES string of the molecule is C[C@@H]([C]=O)NC(=O)[C@@H](N)Cc1c[nH]c2ccccc12. The largest absolute Gasteiger partial charge is 0.361 e. The van der Waals surface area contributed by atoms with E-state index in [9.17, 15) is 9.59 Å². The Kier molecular flexibility index (Phi) is 3.97. The normalized spacial score (nSPS) is 14.0. The molecule has 0 saturated carbocycles. The van der Waals surface area contributed by atoms with Crippen molar-refractivity contribution in [2.75, 3.05) is 0 Å². The number of aromatic nitrogens is 1. The number of fused-ring (bicyclic) bond motifs is 1. The van der Waals surface area contributed by atoms with Crippen LogP contribution < -0.4 is 11.1 Å². The van der Waals surface area contributed by atoms with E-state index < -0.39 is 12.1 Å². The molecule has 0 fully saturated rings. The lowest BCUT2D eigenvalue weighted by Crippen LogP contribution is -2.45. The van der Waals surface area contributed by atoms with Crippen molar-refractivity contribution in [2.24, 2.45) is 5.73 Å². The van der Waals surface area contributed by atoms with E-state index in [4.69, 9.17) is 5.73 Å². The maximum Gasteiger partial charge on any atom is 0.237 e. The molecular weight excluding hydrogens is 242 g/mol. The average molecular weight is 258 g/mol. The van der Waals surface area contributed by atoms with Gasteiger partial charge in [0, 0.05) is 17.1 Å². The highest BCUT2D eigenvalue weighted by Gasteiger charge is 2.17. The molecule has 0 bridgehead atoms. The number of hydrogen-bond acceptors (Lipinski definition) is 3. The van der Waals surface area contributed by atoms with Crippen LogP contribution in [-0.2, 0) is 16.0 Å². The topological polar surface area (TPSA) is 88.0 Å². The first kappa shape index (κ1) is 13.3. The molecule has 0 unspecified atom stereocenters. The first-order valence-corrected chi connectivity index (χ1v) is 6.10. The second-order valence-electron chi connectivity index (χ2n) is 4.52. The van der Waals surface area contributed by atoms with E-state index in [2.05, 4.69) is 10.3 Å². The molecule has 0 spiro atoms. The van der Waals surface area contributed by atoms with Crippen molar-refractivity contribution >= 4 is 23.1 Å². The maximum atomic E-state index is 11.7. The lowest BCUT2D eigenvalue weighted by atomic mass is 10.0. The van der Waals surface area contributed by atoms with Crippen molar-refractivity contribution in [3.63, 3.8) is 0 Å². The number of para-hydroxylation sites is 1. The lowest BCUT2D eigenvalue weighted by Gasteiger charge is -2.13. The summed E-state index contributed by atoms with van der Waals surface area (Å²) in [5, 5.41) is 3.55. The molecule has 0 aliphatic rings. The first-order valence-electron chi connectivity index (χ1n) is 6.10. The van der Waals surface area contributed by atoms with Crippen LogP contribution in [0.5, 0.6) is 0 Å². The number of carbonyl (C=O) groups is 1. The van der Waals surface area contributed by atoms with Crippen LogP contribution in [0.25, 0.3) is 10.9 Å². The Morgan fingerprint density at radius 3 is 2.95 bits per heavy atom. The maximum absolute atomic E-state index is 11.7. The molecule has 2 atom stereocenters. The van der Waals surface area contributed by atoms with Gasteiger partial charge in [-0.3, -0.25) is 9.59 Å². The summed E-state index contributed by atoms with van der Waals surface area (Å²) >= 11 is 0. The Labute approximate surface area is 111 Å². The van der Waals surface area contributed by atoms with Gasteiger partial charge in [0.2, 0.25) is 12.2 Å². The molecule has 1 aromatic carbocycles. The van der Waals surface area contributed by atoms with Crippen molar-refractivity contribution in [3.05, 3.63) is 36.0 Å². The fraction of sp³-hybridized carbons (Fsp3) is 0.286. The zero-order valence-corrected chi connectivity index (χ0v) is 10.6. The van der Waals surface area contributed by atoms with Crippen LogP contribution >= 0.6 is 0 Å². The fourth-order valence-electron chi connectivity index (χ4n) is 1.98. The molecule has 2 rings (SSSR count). The van der Waals surface area contributed by atoms with Gasteiger partial charge in [-0.05, 0) is 25.0 Å². The van der Waals surface area contributed by atoms with Gasteiger partial charge >= 0.3 is 0 Å². The molecule has 1 aromatic heterocycles. The van der Waals surface area contributed by atoms with Crippen LogP contribution in [0, 0.1) is 0 Å². The molecule has 1 radical (unpaired) electrons. The van der Waals surface area contributed by atoms with Crippen LogP contribution in [0.2, 0.25) is 0 Å². The van der Waals surface area contributed by atoms with Crippen LogP contribution in [0.1, 0.15) is 12.5 Å². The number of H-pyrrole nitrogens is 1. The summed E-state index contributed by atoms with van der Waals surface area (Å²) in [7, 11) is 0. The van der Waals surface area contributed by atoms with E-state index in [0.717, 1.165) is 16.5 Å². The smallest absolute Gasteiger partial charge is 0.237 e. The van der Waals surface area contributed by atoms with Crippen LogP contribution in [0.4, 0.5) is 0 Å². The minimum absolute atomic E-state index is 0.346. The molecular formula is C14H16N3O2. The number of amides is 1. The van der Waals surface area contributed by atoms with E-state index in [1.54, 1.807) is 13.2 Å². The van der Waals surface area contributed by atoms with Gasteiger partial charge in [-0.1, -0.05) is 18.2 Å². The summed E-state index contributed by atoms with van der Waals surface area (Å²) in [6.07, 6.45) is 3.97. The number of rotatable bonds is 5. The highest BCUT2D eigenvalue weighted by Crippen LogP contribution is 2.18. The lowest BCUT2D eigenvalue weighted by molar-refractivity contribution is -0.122. The fourth-order valence-corrected chi connectivity index (χ4v) is 1.98. The molecule has 1 amide bonds. The van der Waals surface area contributed by atoms with Gasteiger partial charge in [0.25, 0.3) is 0 Å². The van der Waals surface area contributed by atoms with E-state index in [-0.39, 0.29) is 5.91 Å². The standard InChI is InChI=1S/C14H16N3O2/c1-9(8-18)17-14(19)12(15)6-10-7-16-13-5-3-2-4-11(10)13/h2-5,7,9,12,16H,6,15H2,1H3,(H,17,19)/t9-,12-/m0/s1. The third-order valence-corrected chi connectivity index (χ3v) is 2.99. The number of aromatic amines is 1. The van der Waals surface area contributed by atoms with E-state index in [1.807, 2.05) is 30.5 Å². The minimum Gasteiger partial charge on any atom is -0.361 e. The predicted molar refractivity (Wildman–Crippen MR) is 73.3 cm³/mol. The van der Waals surface area contributed by atoms with E-state index >= 15 is 0 Å². The summed E-state index contributed by atoms with van der Waals surface area (Å²) in [6.45, 7) is 1.56. The average Bonchev–Trinajstić information content (AvgIpc) is 2.82. The van der Waals surface area contributed by atoms with Crippen molar-refractivity contribution in [1.82, 2.24) is 10.3 Å². The van der Waals surface area contributed by atoms with Crippen LogP contribution in [-0.4, -0.2) is 29.3 Å². The van der Waals surface area contributed by atoms with Crippen LogP contribution in [0.3, 0.4) is 0 Å². The number of hydrogen-bond donors (Lipinski definition) is 3. The number of nitrogens with one attached hydrogen (secondary N) is 2. The zero-order valence-electron chi connectivity index (χ0n) is 10.6. The molecule has 1 heterocycles. The second-order valence-corrected chi connectivity index (χ2v) is 4.52. The van der Waals surface area contributed by atoms with Gasteiger partial charge < -0.3 is 16.0 Å². The van der Waals surface area contributed by atoms with Crippen molar-refractivity contribution in [1.29, 1.82) is 0 Å². The Morgan fingerprint density at radius 2 is 2.21 bits per heavy atom. The third-order valence-electron chi connectivity index (χ3n) is 2.99. The molecule has 5 heteroatoms. The Bertz CT molecular complexity index is 591. The summed E-state index contributed by atoms with van der Waals surface area (Å²) in [5.41, 5.74) is 7.85. The Balaban J connectivity index is 2.08. The minimum atomic E-state index is -0.685. The predicted octanol–water partition coefficient (Wildman–Crippen LogP) is 0.652. The molecule has 19 heavy (non-hydrogen) atoms. The summed E-state index contributed by atoms with van der Waals surface area (Å²) < 4.78 is 0. The molecule has 4 N–H and O–H groups in total. The van der Waals surface area contributed by atoms with Crippen molar-refractivity contribution in [3.8, 4) is 0 Å². The van der Waals surface area contributed by atoms with Gasteiger partial charge in [0.15, 0.2) is 0 Å². The molecule has 99 valence electrons. The second kappa shape index (κ2) is 5.67.